The van der Waals surface area contributed by atoms with E-state index in [0.717, 1.165) is 25.2 Å². The Morgan fingerprint density at radius 1 is 1.29 bits per heavy atom. The summed E-state index contributed by atoms with van der Waals surface area (Å²) < 4.78 is 19.1. The van der Waals surface area contributed by atoms with E-state index < -0.39 is 0 Å². The summed E-state index contributed by atoms with van der Waals surface area (Å²) in [5.41, 5.74) is 0.717. The molecule has 0 aromatic carbocycles. The Hall–Kier alpha value is -1.20. The van der Waals surface area contributed by atoms with Crippen LogP contribution in [-0.2, 0) is 6.54 Å². The molecule has 4 nitrogen and oxygen atoms in total. The molecule has 21 heavy (non-hydrogen) atoms. The first-order valence-corrected chi connectivity index (χ1v) is 7.60. The summed E-state index contributed by atoms with van der Waals surface area (Å²) in [6.45, 7) is 14.4. The molecule has 0 unspecified atom stereocenters. The molecular weight excluding hydrogens is 269 g/mol. The van der Waals surface area contributed by atoms with Gasteiger partial charge in [-0.15, -0.1) is 0 Å². The van der Waals surface area contributed by atoms with Crippen molar-refractivity contribution in [2.75, 3.05) is 26.2 Å². The van der Waals surface area contributed by atoms with E-state index >= 15 is 0 Å². The number of rotatable bonds is 8. The second kappa shape index (κ2) is 8.29. The van der Waals surface area contributed by atoms with Gasteiger partial charge in [-0.3, -0.25) is 0 Å². The molecule has 0 atom stereocenters. The van der Waals surface area contributed by atoms with Crippen LogP contribution < -0.4 is 10.1 Å². The van der Waals surface area contributed by atoms with Gasteiger partial charge in [0, 0.05) is 24.2 Å². The number of nitrogens with zero attached hydrogens (tertiary/aromatic N) is 2. The first-order valence-electron chi connectivity index (χ1n) is 7.60. The first kappa shape index (κ1) is 17.9. The van der Waals surface area contributed by atoms with Crippen LogP contribution in [-0.4, -0.2) is 41.7 Å². The number of likely N-dealkylation sites (N-methyl/N-ethyl adjacent to an activating group) is 1. The van der Waals surface area contributed by atoms with Crippen molar-refractivity contribution in [3.8, 4) is 5.88 Å². The van der Waals surface area contributed by atoms with E-state index in [1.165, 1.54) is 12.3 Å². The van der Waals surface area contributed by atoms with E-state index in [9.17, 15) is 4.39 Å². The second-order valence-electron chi connectivity index (χ2n) is 6.10. The minimum atomic E-state index is -0.336. The lowest BCUT2D eigenvalue weighted by atomic mass is 10.1. The van der Waals surface area contributed by atoms with Crippen LogP contribution >= 0.6 is 0 Å². The van der Waals surface area contributed by atoms with Gasteiger partial charge in [0.15, 0.2) is 0 Å². The Morgan fingerprint density at radius 3 is 2.52 bits per heavy atom. The van der Waals surface area contributed by atoms with Crippen LogP contribution in [0.2, 0.25) is 0 Å². The highest BCUT2D eigenvalue weighted by Gasteiger charge is 2.13. The Kier molecular flexibility index (Phi) is 7.05. The third-order valence-electron chi connectivity index (χ3n) is 3.24. The minimum Gasteiger partial charge on any atom is -0.476 e. The smallest absolute Gasteiger partial charge is 0.218 e. The minimum absolute atomic E-state index is 0.0369. The molecule has 0 radical (unpaired) electrons. The molecule has 0 amide bonds. The Bertz CT molecular complexity index is 428. The van der Waals surface area contributed by atoms with Gasteiger partial charge in [0.1, 0.15) is 12.4 Å². The fourth-order valence-corrected chi connectivity index (χ4v) is 1.90. The van der Waals surface area contributed by atoms with E-state index in [1.807, 2.05) is 0 Å². The molecule has 5 heteroatoms. The first-order chi connectivity index (χ1) is 9.85. The number of pyridine rings is 1. The molecule has 1 heterocycles. The van der Waals surface area contributed by atoms with Gasteiger partial charge in [-0.1, -0.05) is 13.8 Å². The standard InChI is InChI=1S/C16H28FN3O/c1-6-20(7-2)8-9-21-15-13(10-14(17)12-18-15)11-19-16(3,4)5/h10,12,19H,6-9,11H2,1-5H3. The van der Waals surface area contributed by atoms with Gasteiger partial charge in [0.05, 0.1) is 6.20 Å². The Labute approximate surface area is 127 Å². The van der Waals surface area contributed by atoms with Crippen LogP contribution in [0.1, 0.15) is 40.2 Å². The van der Waals surface area contributed by atoms with Crippen molar-refractivity contribution in [3.05, 3.63) is 23.6 Å². The SMILES string of the molecule is CCN(CC)CCOc1ncc(F)cc1CNC(C)(C)C. The van der Waals surface area contributed by atoms with E-state index in [1.54, 1.807) is 0 Å². The van der Waals surface area contributed by atoms with Crippen molar-refractivity contribution in [2.45, 2.75) is 46.7 Å². The molecule has 0 fully saturated rings. The average Bonchev–Trinajstić information content (AvgIpc) is 2.42. The van der Waals surface area contributed by atoms with Gasteiger partial charge in [-0.25, -0.2) is 9.37 Å². The van der Waals surface area contributed by atoms with Gasteiger partial charge >= 0.3 is 0 Å². The fourth-order valence-electron chi connectivity index (χ4n) is 1.90. The Balaban J connectivity index is 2.64. The fraction of sp³-hybridized carbons (Fsp3) is 0.688. The zero-order valence-electron chi connectivity index (χ0n) is 13.9. The molecule has 0 aliphatic carbocycles. The molecule has 120 valence electrons. The maximum atomic E-state index is 13.4. The molecule has 1 rings (SSSR count). The van der Waals surface area contributed by atoms with Crippen molar-refractivity contribution in [1.29, 1.82) is 0 Å². The largest absolute Gasteiger partial charge is 0.476 e. The van der Waals surface area contributed by atoms with Gasteiger partial charge in [-0.2, -0.15) is 0 Å². The number of halogens is 1. The predicted molar refractivity (Wildman–Crippen MR) is 84.1 cm³/mol. The lowest BCUT2D eigenvalue weighted by Crippen LogP contribution is -2.35. The predicted octanol–water partition coefficient (Wildman–Crippen LogP) is 2.83. The lowest BCUT2D eigenvalue weighted by Gasteiger charge is -2.22. The number of hydrogen-bond acceptors (Lipinski definition) is 4. The molecule has 0 saturated heterocycles. The number of nitrogens with one attached hydrogen (secondary N) is 1. The van der Waals surface area contributed by atoms with Crippen molar-refractivity contribution in [2.24, 2.45) is 0 Å². The second-order valence-corrected chi connectivity index (χ2v) is 6.10. The summed E-state index contributed by atoms with van der Waals surface area (Å²) in [7, 11) is 0. The van der Waals surface area contributed by atoms with E-state index in [0.29, 0.717) is 19.0 Å². The molecule has 0 bridgehead atoms. The maximum absolute atomic E-state index is 13.4. The summed E-state index contributed by atoms with van der Waals surface area (Å²) in [5, 5.41) is 3.33. The average molecular weight is 297 g/mol. The van der Waals surface area contributed by atoms with Gasteiger partial charge in [-0.05, 0) is 39.9 Å². The van der Waals surface area contributed by atoms with Crippen LogP contribution in [0.3, 0.4) is 0 Å². The van der Waals surface area contributed by atoms with Crippen LogP contribution in [0.5, 0.6) is 5.88 Å². The monoisotopic (exact) mass is 297 g/mol. The molecule has 0 aliphatic heterocycles. The summed E-state index contributed by atoms with van der Waals surface area (Å²) in [5.74, 6) is 0.178. The van der Waals surface area contributed by atoms with Crippen molar-refractivity contribution < 1.29 is 9.13 Å². The quantitative estimate of drug-likeness (QED) is 0.800. The molecule has 1 aromatic rings. The zero-order chi connectivity index (χ0) is 15.9. The zero-order valence-corrected chi connectivity index (χ0v) is 13.9. The van der Waals surface area contributed by atoms with Gasteiger partial charge < -0.3 is 15.0 Å². The normalized spacial score (nSPS) is 12.0. The molecule has 0 saturated carbocycles. The maximum Gasteiger partial charge on any atom is 0.218 e. The lowest BCUT2D eigenvalue weighted by molar-refractivity contribution is 0.215. The highest BCUT2D eigenvalue weighted by Crippen LogP contribution is 2.17. The highest BCUT2D eigenvalue weighted by molar-refractivity contribution is 5.26. The van der Waals surface area contributed by atoms with E-state index in [2.05, 4.69) is 49.8 Å². The molecule has 1 aromatic heterocycles. The Morgan fingerprint density at radius 2 is 1.95 bits per heavy atom. The van der Waals surface area contributed by atoms with Crippen LogP contribution in [0, 0.1) is 5.82 Å². The third kappa shape index (κ3) is 6.87. The van der Waals surface area contributed by atoms with Crippen molar-refractivity contribution in [3.63, 3.8) is 0 Å². The number of hydrogen-bond donors (Lipinski definition) is 1. The van der Waals surface area contributed by atoms with Crippen molar-refractivity contribution in [1.82, 2.24) is 15.2 Å². The summed E-state index contributed by atoms with van der Waals surface area (Å²) >= 11 is 0. The van der Waals surface area contributed by atoms with Crippen LogP contribution in [0.4, 0.5) is 4.39 Å². The van der Waals surface area contributed by atoms with Crippen LogP contribution in [0.25, 0.3) is 0 Å². The molecular formula is C16H28FN3O. The van der Waals surface area contributed by atoms with Gasteiger partial charge in [0.2, 0.25) is 5.88 Å². The number of aromatic nitrogens is 1. The van der Waals surface area contributed by atoms with Crippen LogP contribution in [0.15, 0.2) is 12.3 Å². The molecule has 1 N–H and O–H groups in total. The highest BCUT2D eigenvalue weighted by atomic mass is 19.1. The van der Waals surface area contributed by atoms with Crippen molar-refractivity contribution >= 4 is 0 Å². The van der Waals surface area contributed by atoms with Gasteiger partial charge in [0.25, 0.3) is 0 Å². The summed E-state index contributed by atoms with van der Waals surface area (Å²) in [4.78, 5) is 6.35. The van der Waals surface area contributed by atoms with E-state index in [4.69, 9.17) is 4.74 Å². The topological polar surface area (TPSA) is 37.4 Å². The summed E-state index contributed by atoms with van der Waals surface area (Å²) in [6.07, 6.45) is 1.20. The molecule has 0 aliphatic rings. The number of ether oxygens (including phenoxy) is 1. The van der Waals surface area contributed by atoms with E-state index in [-0.39, 0.29) is 11.4 Å². The molecule has 0 spiro atoms. The summed E-state index contributed by atoms with van der Waals surface area (Å²) in [6, 6.07) is 1.48. The third-order valence-corrected chi connectivity index (χ3v) is 3.24.